The van der Waals surface area contributed by atoms with Gasteiger partial charge < -0.3 is 14.3 Å². The van der Waals surface area contributed by atoms with Crippen LogP contribution in [0.1, 0.15) is 18.9 Å². The molecule has 0 fully saturated rings. The van der Waals surface area contributed by atoms with Crippen molar-refractivity contribution in [2.45, 2.75) is 26.3 Å². The van der Waals surface area contributed by atoms with Gasteiger partial charge in [0.15, 0.2) is 0 Å². The van der Waals surface area contributed by atoms with Gasteiger partial charge in [0, 0.05) is 37.1 Å². The first-order chi connectivity index (χ1) is 15.8. The maximum Gasteiger partial charge on any atom is 0.251 e. The lowest BCUT2D eigenvalue weighted by Crippen LogP contribution is -2.07. The van der Waals surface area contributed by atoms with E-state index in [1.54, 1.807) is 12.4 Å². The van der Waals surface area contributed by atoms with Crippen molar-refractivity contribution in [1.29, 1.82) is 0 Å². The summed E-state index contributed by atoms with van der Waals surface area (Å²) < 4.78 is 7.57. The first kappa shape index (κ1) is 19.9. The minimum Gasteiger partial charge on any atom is -0.423 e. The molecule has 0 saturated heterocycles. The second-order valence-corrected chi connectivity index (χ2v) is 7.65. The molecule has 0 radical (unpaired) electrons. The van der Waals surface area contributed by atoms with Gasteiger partial charge in [0.2, 0.25) is 6.39 Å². The minimum atomic E-state index is 0.453. The van der Waals surface area contributed by atoms with E-state index in [4.69, 9.17) is 4.42 Å². The number of aromatic nitrogens is 5. The average Bonchev–Trinajstić information content (AvgIpc) is 3.56. The van der Waals surface area contributed by atoms with E-state index in [1.807, 2.05) is 12.5 Å². The molecule has 3 heterocycles. The molecule has 1 N–H and O–H groups in total. The molecule has 32 heavy (non-hydrogen) atoms. The molecule has 0 aliphatic rings. The Morgan fingerprint density at radius 3 is 2.69 bits per heavy atom. The molecule has 0 bridgehead atoms. The molecule has 0 aliphatic carbocycles. The molecule has 5 aromatic rings. The van der Waals surface area contributed by atoms with Crippen LogP contribution in [0.15, 0.2) is 78.2 Å². The number of hydrogen-bond donors (Lipinski definition) is 1. The molecule has 5 rings (SSSR count). The Kier molecular flexibility index (Phi) is 5.61. The molecule has 7 nitrogen and oxygen atoms in total. The van der Waals surface area contributed by atoms with Crippen molar-refractivity contribution in [1.82, 2.24) is 24.7 Å². The Morgan fingerprint density at radius 2 is 1.94 bits per heavy atom. The van der Waals surface area contributed by atoms with Gasteiger partial charge in [0.05, 0.1) is 23.1 Å². The van der Waals surface area contributed by atoms with E-state index in [0.717, 1.165) is 53.6 Å². The Labute approximate surface area is 186 Å². The lowest BCUT2D eigenvalue weighted by Gasteiger charge is -2.14. The Hall–Kier alpha value is -4.00. The normalized spacial score (nSPS) is 11.2. The van der Waals surface area contributed by atoms with Crippen LogP contribution in [0.25, 0.3) is 33.5 Å². The second-order valence-electron chi connectivity index (χ2n) is 7.65. The molecule has 3 aromatic heterocycles. The summed E-state index contributed by atoms with van der Waals surface area (Å²) in [5, 5.41) is 12.6. The van der Waals surface area contributed by atoms with Crippen molar-refractivity contribution in [3.63, 3.8) is 0 Å². The highest BCUT2D eigenvalue weighted by atomic mass is 16.4. The van der Waals surface area contributed by atoms with Crippen LogP contribution < -0.4 is 5.32 Å². The zero-order valence-electron chi connectivity index (χ0n) is 17.9. The molecular formula is C25H24N6O. The SMILES string of the molecule is CCc1ccc(-c2ccc3ncc(-c4nnco4)c(NCCCn4ccnc4)c3c2)cc1. The first-order valence-electron chi connectivity index (χ1n) is 10.8. The highest BCUT2D eigenvalue weighted by molar-refractivity contribution is 6.00. The molecule has 0 amide bonds. The molecule has 0 atom stereocenters. The van der Waals surface area contributed by atoms with Crippen LogP contribution in [-0.4, -0.2) is 31.3 Å². The van der Waals surface area contributed by atoms with Crippen molar-refractivity contribution in [3.8, 4) is 22.6 Å². The van der Waals surface area contributed by atoms with Gasteiger partial charge in [0.1, 0.15) is 0 Å². The van der Waals surface area contributed by atoms with E-state index >= 15 is 0 Å². The number of nitrogens with one attached hydrogen (secondary N) is 1. The zero-order chi connectivity index (χ0) is 21.8. The van der Waals surface area contributed by atoms with E-state index in [0.29, 0.717) is 5.89 Å². The van der Waals surface area contributed by atoms with E-state index in [-0.39, 0.29) is 0 Å². The van der Waals surface area contributed by atoms with Crippen molar-refractivity contribution in [2.75, 3.05) is 11.9 Å². The van der Waals surface area contributed by atoms with E-state index in [9.17, 15) is 0 Å². The van der Waals surface area contributed by atoms with Crippen LogP contribution in [0.2, 0.25) is 0 Å². The van der Waals surface area contributed by atoms with Crippen molar-refractivity contribution >= 4 is 16.6 Å². The molecule has 0 unspecified atom stereocenters. The van der Waals surface area contributed by atoms with Crippen LogP contribution in [-0.2, 0) is 13.0 Å². The summed E-state index contributed by atoms with van der Waals surface area (Å²) in [5.41, 5.74) is 6.33. The zero-order valence-corrected chi connectivity index (χ0v) is 17.9. The smallest absolute Gasteiger partial charge is 0.251 e. The topological polar surface area (TPSA) is 81.7 Å². The highest BCUT2D eigenvalue weighted by Gasteiger charge is 2.15. The van der Waals surface area contributed by atoms with Gasteiger partial charge in [0.25, 0.3) is 5.89 Å². The summed E-state index contributed by atoms with van der Waals surface area (Å²) in [5.74, 6) is 0.453. The Morgan fingerprint density at radius 1 is 1.06 bits per heavy atom. The highest BCUT2D eigenvalue weighted by Crippen LogP contribution is 2.35. The second kappa shape index (κ2) is 9.01. The Bertz CT molecular complexity index is 1290. The van der Waals surface area contributed by atoms with Gasteiger partial charge in [-0.25, -0.2) is 4.98 Å². The van der Waals surface area contributed by atoms with Gasteiger partial charge in [-0.2, -0.15) is 0 Å². The van der Waals surface area contributed by atoms with Crippen molar-refractivity contribution in [2.24, 2.45) is 0 Å². The van der Waals surface area contributed by atoms with E-state index in [1.165, 1.54) is 17.5 Å². The van der Waals surface area contributed by atoms with Crippen LogP contribution in [0.4, 0.5) is 5.69 Å². The minimum absolute atomic E-state index is 0.453. The number of hydrogen-bond acceptors (Lipinski definition) is 6. The summed E-state index contributed by atoms with van der Waals surface area (Å²) in [7, 11) is 0. The molecular weight excluding hydrogens is 400 g/mol. The predicted molar refractivity (Wildman–Crippen MR) is 125 cm³/mol. The third kappa shape index (κ3) is 4.09. The maximum atomic E-state index is 5.50. The summed E-state index contributed by atoms with van der Waals surface area (Å²) in [6.45, 7) is 3.84. The van der Waals surface area contributed by atoms with Crippen LogP contribution in [0, 0.1) is 0 Å². The lowest BCUT2D eigenvalue weighted by atomic mass is 9.99. The van der Waals surface area contributed by atoms with E-state index < -0.39 is 0 Å². The number of anilines is 1. The van der Waals surface area contributed by atoms with E-state index in [2.05, 4.69) is 79.4 Å². The first-order valence-corrected chi connectivity index (χ1v) is 10.8. The quantitative estimate of drug-likeness (QED) is 0.344. The predicted octanol–water partition coefficient (Wildman–Crippen LogP) is 5.21. The third-order valence-corrected chi connectivity index (χ3v) is 5.61. The van der Waals surface area contributed by atoms with Crippen LogP contribution in [0.5, 0.6) is 0 Å². The van der Waals surface area contributed by atoms with Crippen LogP contribution >= 0.6 is 0 Å². The number of rotatable bonds is 8. The summed E-state index contributed by atoms with van der Waals surface area (Å²) in [6, 6.07) is 15.1. The molecule has 0 saturated carbocycles. The molecule has 2 aromatic carbocycles. The standard InChI is InChI=1S/C25H24N6O/c1-2-18-4-6-19(7-5-18)20-8-9-23-21(14-20)24(22(15-28-23)25-30-29-17-32-25)27-10-3-12-31-13-11-26-16-31/h4-9,11,13-17H,2-3,10,12H2,1H3,(H,27,28). The number of aryl methyl sites for hydroxylation is 2. The van der Waals surface area contributed by atoms with Gasteiger partial charge in [-0.3, -0.25) is 4.98 Å². The molecule has 0 spiro atoms. The Balaban J connectivity index is 1.51. The number of pyridine rings is 1. The maximum absolute atomic E-state index is 5.50. The average molecular weight is 425 g/mol. The van der Waals surface area contributed by atoms with Gasteiger partial charge in [-0.05, 0) is 41.7 Å². The molecule has 7 heteroatoms. The van der Waals surface area contributed by atoms with Gasteiger partial charge >= 0.3 is 0 Å². The third-order valence-electron chi connectivity index (χ3n) is 5.61. The van der Waals surface area contributed by atoms with Gasteiger partial charge in [-0.15, -0.1) is 10.2 Å². The lowest BCUT2D eigenvalue weighted by molar-refractivity contribution is 0.568. The fourth-order valence-electron chi connectivity index (χ4n) is 3.84. The largest absolute Gasteiger partial charge is 0.423 e. The number of benzene rings is 2. The fourth-order valence-corrected chi connectivity index (χ4v) is 3.84. The monoisotopic (exact) mass is 424 g/mol. The number of fused-ring (bicyclic) bond motifs is 1. The van der Waals surface area contributed by atoms with Crippen molar-refractivity contribution in [3.05, 3.63) is 79.3 Å². The van der Waals surface area contributed by atoms with Gasteiger partial charge in [-0.1, -0.05) is 37.3 Å². The molecule has 160 valence electrons. The summed E-state index contributed by atoms with van der Waals surface area (Å²) >= 11 is 0. The summed E-state index contributed by atoms with van der Waals surface area (Å²) in [6.07, 6.45) is 10.7. The fraction of sp³-hybridized carbons (Fsp3) is 0.200. The number of imidazole rings is 1. The number of nitrogens with zero attached hydrogens (tertiary/aromatic N) is 5. The molecule has 0 aliphatic heterocycles. The van der Waals surface area contributed by atoms with Crippen molar-refractivity contribution < 1.29 is 4.42 Å². The van der Waals surface area contributed by atoms with Crippen LogP contribution in [0.3, 0.4) is 0 Å². The summed E-state index contributed by atoms with van der Waals surface area (Å²) in [4.78, 5) is 8.75.